The van der Waals surface area contributed by atoms with Gasteiger partial charge in [-0.2, -0.15) is 21.0 Å². The summed E-state index contributed by atoms with van der Waals surface area (Å²) in [6, 6.07) is 6.20. The summed E-state index contributed by atoms with van der Waals surface area (Å²) in [7, 11) is 0. The lowest BCUT2D eigenvalue weighted by Gasteiger charge is -2.32. The Morgan fingerprint density at radius 1 is 1.39 bits per heavy atom. The number of piperidine rings is 1. The van der Waals surface area contributed by atoms with Gasteiger partial charge in [-0.05, 0) is 48.7 Å². The summed E-state index contributed by atoms with van der Waals surface area (Å²) in [6.45, 7) is 5.21. The highest BCUT2D eigenvalue weighted by Crippen LogP contribution is 2.28. The molecule has 0 aliphatic carbocycles. The first-order valence-corrected chi connectivity index (χ1v) is 8.99. The van der Waals surface area contributed by atoms with Gasteiger partial charge in [0.15, 0.2) is 5.65 Å². The van der Waals surface area contributed by atoms with E-state index in [4.69, 9.17) is 10.7 Å². The van der Waals surface area contributed by atoms with E-state index in [1.807, 2.05) is 19.1 Å². The number of nitrogen functional groups attached to an aromatic ring is 1. The number of aryl methyl sites for hydroxylation is 1. The van der Waals surface area contributed by atoms with Crippen molar-refractivity contribution in [2.75, 3.05) is 18.8 Å². The molecule has 5 nitrogen and oxygen atoms in total. The van der Waals surface area contributed by atoms with Gasteiger partial charge in [0.05, 0.1) is 11.4 Å². The summed E-state index contributed by atoms with van der Waals surface area (Å²) in [5.74, 6) is 1.12. The predicted octanol–water partition coefficient (Wildman–Crippen LogP) is 3.06. The van der Waals surface area contributed by atoms with Crippen LogP contribution < -0.4 is 5.73 Å². The summed E-state index contributed by atoms with van der Waals surface area (Å²) < 4.78 is 1.73. The summed E-state index contributed by atoms with van der Waals surface area (Å²) in [6.07, 6.45) is 2.38. The highest BCUT2D eigenvalue weighted by Gasteiger charge is 2.23. The van der Waals surface area contributed by atoms with E-state index in [0.29, 0.717) is 11.7 Å². The van der Waals surface area contributed by atoms with Crippen LogP contribution in [0.1, 0.15) is 35.7 Å². The maximum Gasteiger partial charge on any atom is 0.157 e. The Morgan fingerprint density at radius 3 is 3.13 bits per heavy atom. The topological polar surface area (TPSA) is 59.5 Å². The highest BCUT2D eigenvalue weighted by molar-refractivity contribution is 7.07. The molecule has 0 unspecified atom stereocenters. The Morgan fingerprint density at radius 2 is 2.30 bits per heavy atom. The zero-order chi connectivity index (χ0) is 15.8. The van der Waals surface area contributed by atoms with Gasteiger partial charge in [-0.3, -0.25) is 4.90 Å². The normalized spacial score (nSPS) is 19.4. The fourth-order valence-electron chi connectivity index (χ4n) is 3.42. The smallest absolute Gasteiger partial charge is 0.157 e. The first-order valence-electron chi connectivity index (χ1n) is 8.05. The molecular formula is C17H21N5S. The highest BCUT2D eigenvalue weighted by atomic mass is 32.1. The third-order valence-electron chi connectivity index (χ3n) is 4.51. The molecule has 23 heavy (non-hydrogen) atoms. The number of hydrogen-bond donors (Lipinski definition) is 1. The van der Waals surface area contributed by atoms with Crippen LogP contribution in [0.4, 0.5) is 5.82 Å². The zero-order valence-corrected chi connectivity index (χ0v) is 14.1. The third-order valence-corrected chi connectivity index (χ3v) is 5.24. The van der Waals surface area contributed by atoms with E-state index in [2.05, 4.69) is 26.8 Å². The van der Waals surface area contributed by atoms with Crippen molar-refractivity contribution < 1.29 is 0 Å². The summed E-state index contributed by atoms with van der Waals surface area (Å²) in [5, 5.41) is 8.77. The molecule has 4 heterocycles. The van der Waals surface area contributed by atoms with Crippen LogP contribution in [0.15, 0.2) is 29.0 Å². The number of nitrogens with two attached hydrogens (primary N) is 1. The van der Waals surface area contributed by atoms with Crippen LogP contribution in [0.2, 0.25) is 0 Å². The number of fused-ring (bicyclic) bond motifs is 1. The summed E-state index contributed by atoms with van der Waals surface area (Å²) in [4.78, 5) is 7.34. The SMILES string of the molecule is Cc1cc2nc([C@@H]3CCCN(Cc4ccsc4)C3)cc(N)n2n1. The summed E-state index contributed by atoms with van der Waals surface area (Å²) in [5.41, 5.74) is 10.5. The van der Waals surface area contributed by atoms with Crippen molar-refractivity contribution in [1.82, 2.24) is 19.5 Å². The lowest BCUT2D eigenvalue weighted by molar-refractivity contribution is 0.199. The molecule has 3 aromatic heterocycles. The minimum Gasteiger partial charge on any atom is -0.384 e. The van der Waals surface area contributed by atoms with Gasteiger partial charge in [-0.1, -0.05) is 0 Å². The third kappa shape index (κ3) is 2.96. The molecule has 120 valence electrons. The van der Waals surface area contributed by atoms with Gasteiger partial charge in [-0.15, -0.1) is 0 Å². The van der Waals surface area contributed by atoms with Gasteiger partial charge in [0, 0.05) is 31.1 Å². The van der Waals surface area contributed by atoms with E-state index in [9.17, 15) is 0 Å². The summed E-state index contributed by atoms with van der Waals surface area (Å²) >= 11 is 1.77. The van der Waals surface area contributed by atoms with Crippen molar-refractivity contribution in [3.8, 4) is 0 Å². The van der Waals surface area contributed by atoms with Crippen LogP contribution in [0.3, 0.4) is 0 Å². The molecule has 0 radical (unpaired) electrons. The van der Waals surface area contributed by atoms with Crippen LogP contribution in [-0.4, -0.2) is 32.6 Å². The van der Waals surface area contributed by atoms with Crippen molar-refractivity contribution >= 4 is 22.8 Å². The molecule has 1 atom stereocenters. The number of thiophene rings is 1. The fourth-order valence-corrected chi connectivity index (χ4v) is 4.08. The van der Waals surface area contributed by atoms with Crippen molar-refractivity contribution in [2.24, 2.45) is 0 Å². The quantitative estimate of drug-likeness (QED) is 0.803. The van der Waals surface area contributed by atoms with E-state index in [1.54, 1.807) is 15.9 Å². The monoisotopic (exact) mass is 327 g/mol. The molecule has 1 saturated heterocycles. The van der Waals surface area contributed by atoms with E-state index in [-0.39, 0.29) is 0 Å². The van der Waals surface area contributed by atoms with Crippen LogP contribution >= 0.6 is 11.3 Å². The standard InChI is InChI=1S/C17H21N5S/c1-12-7-17-19-15(8-16(18)22(17)20-12)14-3-2-5-21(10-14)9-13-4-6-23-11-13/h4,6-8,11,14H,2-3,5,9-10,18H2,1H3/t14-/m1/s1. The van der Waals surface area contributed by atoms with Crippen LogP contribution in [0, 0.1) is 6.92 Å². The Kier molecular flexibility index (Phi) is 3.79. The molecular weight excluding hydrogens is 306 g/mol. The van der Waals surface area contributed by atoms with Crippen molar-refractivity contribution in [1.29, 1.82) is 0 Å². The second-order valence-electron chi connectivity index (χ2n) is 6.37. The van der Waals surface area contributed by atoms with E-state index < -0.39 is 0 Å². The van der Waals surface area contributed by atoms with Gasteiger partial charge in [0.1, 0.15) is 5.82 Å². The van der Waals surface area contributed by atoms with Gasteiger partial charge >= 0.3 is 0 Å². The first-order chi connectivity index (χ1) is 11.2. The van der Waals surface area contributed by atoms with Crippen LogP contribution in [0.25, 0.3) is 5.65 Å². The van der Waals surface area contributed by atoms with Gasteiger partial charge in [0.2, 0.25) is 0 Å². The Labute approximate surface area is 139 Å². The molecule has 2 N–H and O–H groups in total. The minimum atomic E-state index is 0.449. The predicted molar refractivity (Wildman–Crippen MR) is 93.7 cm³/mol. The molecule has 1 fully saturated rings. The average molecular weight is 327 g/mol. The number of anilines is 1. The molecule has 3 aromatic rings. The number of hydrogen-bond acceptors (Lipinski definition) is 5. The van der Waals surface area contributed by atoms with Crippen molar-refractivity contribution in [2.45, 2.75) is 32.2 Å². The first kappa shape index (κ1) is 14.7. The largest absolute Gasteiger partial charge is 0.384 e. The van der Waals surface area contributed by atoms with Gasteiger partial charge in [-0.25, -0.2) is 4.98 Å². The average Bonchev–Trinajstić information content (AvgIpc) is 3.16. The molecule has 0 aromatic carbocycles. The molecule has 0 spiro atoms. The Balaban J connectivity index is 1.57. The molecule has 0 amide bonds. The van der Waals surface area contributed by atoms with Crippen LogP contribution in [-0.2, 0) is 6.54 Å². The second-order valence-corrected chi connectivity index (χ2v) is 7.15. The number of likely N-dealkylation sites (tertiary alicyclic amines) is 1. The lowest BCUT2D eigenvalue weighted by atomic mass is 9.94. The number of aromatic nitrogens is 3. The molecule has 6 heteroatoms. The Hall–Kier alpha value is -1.92. The van der Waals surface area contributed by atoms with Crippen molar-refractivity contribution in [3.05, 3.63) is 45.9 Å². The Bertz CT molecular complexity index is 808. The zero-order valence-electron chi connectivity index (χ0n) is 13.3. The van der Waals surface area contributed by atoms with Gasteiger partial charge in [0.25, 0.3) is 0 Å². The minimum absolute atomic E-state index is 0.449. The second kappa shape index (κ2) is 5.94. The molecule has 0 bridgehead atoms. The maximum atomic E-state index is 6.17. The van der Waals surface area contributed by atoms with E-state index in [1.165, 1.54) is 18.4 Å². The van der Waals surface area contributed by atoms with E-state index >= 15 is 0 Å². The fraction of sp³-hybridized carbons (Fsp3) is 0.412. The van der Waals surface area contributed by atoms with E-state index in [0.717, 1.165) is 36.7 Å². The maximum absolute atomic E-state index is 6.17. The molecule has 4 rings (SSSR count). The van der Waals surface area contributed by atoms with Crippen LogP contribution in [0.5, 0.6) is 0 Å². The number of rotatable bonds is 3. The van der Waals surface area contributed by atoms with Gasteiger partial charge < -0.3 is 5.73 Å². The molecule has 0 saturated carbocycles. The lowest BCUT2D eigenvalue weighted by Crippen LogP contribution is -2.34. The number of nitrogens with zero attached hydrogens (tertiary/aromatic N) is 4. The molecule has 1 aliphatic rings. The van der Waals surface area contributed by atoms with Crippen molar-refractivity contribution in [3.63, 3.8) is 0 Å². The molecule has 1 aliphatic heterocycles.